The van der Waals surface area contributed by atoms with Gasteiger partial charge in [0, 0.05) is 22.3 Å². The molecule has 0 heterocycles. The number of hydrogen-bond acceptors (Lipinski definition) is 3. The third kappa shape index (κ3) is 3.33. The van der Waals surface area contributed by atoms with Gasteiger partial charge in [0.05, 0.1) is 4.90 Å². The van der Waals surface area contributed by atoms with Crippen molar-refractivity contribution < 1.29 is 13.2 Å². The van der Waals surface area contributed by atoms with Crippen LogP contribution < -0.4 is 5.32 Å². The molecule has 6 heteroatoms. The van der Waals surface area contributed by atoms with Crippen LogP contribution in [0, 0.1) is 19.8 Å². The number of carbonyl (C=O) groups is 1. The molecule has 1 aromatic rings. The van der Waals surface area contributed by atoms with Crippen LogP contribution in [0.4, 0.5) is 0 Å². The maximum Gasteiger partial charge on any atom is 0.261 e. The fourth-order valence-electron chi connectivity index (χ4n) is 2.20. The molecule has 1 N–H and O–H groups in total. The molecule has 4 nitrogen and oxygen atoms in total. The van der Waals surface area contributed by atoms with Gasteiger partial charge < -0.3 is 5.32 Å². The fourth-order valence-corrected chi connectivity index (χ4v) is 3.04. The number of carbonyl (C=O) groups excluding carboxylic acids is 1. The normalized spacial score (nSPS) is 16.8. The van der Waals surface area contributed by atoms with Crippen LogP contribution in [0.1, 0.15) is 41.3 Å². The number of aryl methyl sites for hydroxylation is 1. The van der Waals surface area contributed by atoms with Gasteiger partial charge in [-0.15, -0.1) is 0 Å². The average molecular weight is 316 g/mol. The van der Waals surface area contributed by atoms with Crippen LogP contribution in [0.2, 0.25) is 0 Å². The van der Waals surface area contributed by atoms with E-state index < -0.39 is 9.05 Å². The van der Waals surface area contributed by atoms with Gasteiger partial charge in [-0.05, 0) is 62.8 Å². The molecule has 0 aliphatic heterocycles. The Morgan fingerprint density at radius 1 is 1.35 bits per heavy atom. The predicted octanol–water partition coefficient (Wildman–Crippen LogP) is 2.76. The van der Waals surface area contributed by atoms with E-state index in [9.17, 15) is 13.2 Å². The molecule has 1 aliphatic rings. The van der Waals surface area contributed by atoms with Crippen molar-refractivity contribution in [2.24, 2.45) is 5.92 Å². The van der Waals surface area contributed by atoms with E-state index in [-0.39, 0.29) is 16.8 Å². The Kier molecular flexibility index (Phi) is 4.12. The number of halogens is 1. The van der Waals surface area contributed by atoms with Crippen molar-refractivity contribution in [2.45, 2.75) is 44.6 Å². The summed E-state index contributed by atoms with van der Waals surface area (Å²) in [6, 6.07) is 2.94. The van der Waals surface area contributed by atoms with Crippen molar-refractivity contribution in [2.75, 3.05) is 0 Å². The van der Waals surface area contributed by atoms with Gasteiger partial charge in [-0.25, -0.2) is 8.42 Å². The zero-order valence-corrected chi connectivity index (χ0v) is 13.3. The maximum absolute atomic E-state index is 12.3. The number of amides is 1. The molecule has 0 aromatic heterocycles. The lowest BCUT2D eigenvalue weighted by Crippen LogP contribution is -2.34. The monoisotopic (exact) mass is 315 g/mol. The predicted molar refractivity (Wildman–Crippen MR) is 78.6 cm³/mol. The summed E-state index contributed by atoms with van der Waals surface area (Å²) in [5.41, 5.74) is 1.88. The van der Waals surface area contributed by atoms with Gasteiger partial charge in [0.1, 0.15) is 0 Å². The zero-order valence-electron chi connectivity index (χ0n) is 11.7. The molecule has 1 saturated carbocycles. The third-order valence-electron chi connectivity index (χ3n) is 3.85. The van der Waals surface area contributed by atoms with E-state index in [4.69, 9.17) is 10.7 Å². The minimum atomic E-state index is -3.84. The van der Waals surface area contributed by atoms with E-state index >= 15 is 0 Å². The van der Waals surface area contributed by atoms with Gasteiger partial charge >= 0.3 is 0 Å². The molecule has 110 valence electrons. The summed E-state index contributed by atoms with van der Waals surface area (Å²) in [5, 5.41) is 2.93. The first kappa shape index (κ1) is 15.3. The average Bonchev–Trinajstić information content (AvgIpc) is 3.14. The minimum Gasteiger partial charge on any atom is -0.349 e. The lowest BCUT2D eigenvalue weighted by molar-refractivity contribution is 0.0935. The molecule has 0 radical (unpaired) electrons. The third-order valence-corrected chi connectivity index (χ3v) is 5.19. The highest BCUT2D eigenvalue weighted by Gasteiger charge is 2.29. The highest BCUT2D eigenvalue weighted by molar-refractivity contribution is 8.13. The molecular weight excluding hydrogens is 298 g/mol. The van der Waals surface area contributed by atoms with Crippen molar-refractivity contribution in [1.82, 2.24) is 5.32 Å². The van der Waals surface area contributed by atoms with E-state index in [2.05, 4.69) is 5.32 Å². The van der Waals surface area contributed by atoms with E-state index in [1.807, 2.05) is 6.92 Å². The van der Waals surface area contributed by atoms with Crippen molar-refractivity contribution in [3.8, 4) is 0 Å². The molecular formula is C14H18ClNO3S. The second-order valence-corrected chi connectivity index (χ2v) is 8.02. The van der Waals surface area contributed by atoms with Crippen molar-refractivity contribution in [3.05, 3.63) is 28.8 Å². The highest BCUT2D eigenvalue weighted by atomic mass is 35.7. The SMILES string of the molecule is Cc1cc(S(=O)(=O)Cl)cc(C(=O)NC(C)C2CC2)c1C. The van der Waals surface area contributed by atoms with Crippen molar-refractivity contribution >= 4 is 25.6 Å². The standard InChI is InChI=1S/C14H18ClNO3S/c1-8-6-12(20(15,18)19)7-13(9(8)2)14(17)16-10(3)11-4-5-11/h6-7,10-11H,4-5H2,1-3H3,(H,16,17). The summed E-state index contributed by atoms with van der Waals surface area (Å²) in [7, 11) is 1.53. The summed E-state index contributed by atoms with van der Waals surface area (Å²) in [5.74, 6) is 0.299. The van der Waals surface area contributed by atoms with Crippen molar-refractivity contribution in [3.63, 3.8) is 0 Å². The summed E-state index contributed by atoms with van der Waals surface area (Å²) < 4.78 is 22.9. The second-order valence-electron chi connectivity index (χ2n) is 5.45. The Bertz CT molecular complexity index is 651. The number of nitrogens with one attached hydrogen (secondary N) is 1. The molecule has 1 atom stereocenters. The zero-order chi connectivity index (χ0) is 15.1. The molecule has 0 bridgehead atoms. The van der Waals surface area contributed by atoms with Gasteiger partial charge in [0.25, 0.3) is 15.0 Å². The quantitative estimate of drug-likeness (QED) is 0.869. The molecule has 0 spiro atoms. The van der Waals surface area contributed by atoms with Gasteiger partial charge in [0.15, 0.2) is 0 Å². The topological polar surface area (TPSA) is 63.2 Å². The van der Waals surface area contributed by atoms with Gasteiger partial charge in [-0.1, -0.05) is 0 Å². The van der Waals surface area contributed by atoms with E-state index in [1.165, 1.54) is 12.1 Å². The Morgan fingerprint density at radius 3 is 2.45 bits per heavy atom. The smallest absolute Gasteiger partial charge is 0.261 e. The Hall–Kier alpha value is -1.07. The molecule has 1 aromatic carbocycles. The molecule has 1 aliphatic carbocycles. The summed E-state index contributed by atoms with van der Waals surface area (Å²) in [4.78, 5) is 12.3. The first-order valence-corrected chi connectivity index (χ1v) is 8.88. The number of rotatable bonds is 4. The molecule has 1 unspecified atom stereocenters. The minimum absolute atomic E-state index is 0.0357. The second kappa shape index (κ2) is 5.37. The maximum atomic E-state index is 12.3. The fraction of sp³-hybridized carbons (Fsp3) is 0.500. The van der Waals surface area contributed by atoms with Crippen LogP contribution in [0.3, 0.4) is 0 Å². The first-order chi connectivity index (χ1) is 9.20. The van der Waals surface area contributed by atoms with Crippen LogP contribution in [-0.4, -0.2) is 20.4 Å². The van der Waals surface area contributed by atoms with E-state index in [0.29, 0.717) is 11.5 Å². The largest absolute Gasteiger partial charge is 0.349 e. The van der Waals surface area contributed by atoms with Gasteiger partial charge in [-0.3, -0.25) is 4.79 Å². The van der Waals surface area contributed by atoms with Gasteiger partial charge in [-0.2, -0.15) is 0 Å². The van der Waals surface area contributed by atoms with Crippen LogP contribution in [0.5, 0.6) is 0 Å². The summed E-state index contributed by atoms with van der Waals surface area (Å²) >= 11 is 0. The van der Waals surface area contributed by atoms with Crippen molar-refractivity contribution in [1.29, 1.82) is 0 Å². The lowest BCUT2D eigenvalue weighted by Gasteiger charge is -2.15. The first-order valence-electron chi connectivity index (χ1n) is 6.57. The lowest BCUT2D eigenvalue weighted by atomic mass is 10.0. The number of hydrogen-bond donors (Lipinski definition) is 1. The highest BCUT2D eigenvalue weighted by Crippen LogP contribution is 2.32. The Labute approximate surface area is 123 Å². The van der Waals surface area contributed by atoms with Crippen LogP contribution in [-0.2, 0) is 9.05 Å². The van der Waals surface area contributed by atoms with E-state index in [0.717, 1.165) is 24.0 Å². The molecule has 2 rings (SSSR count). The van der Waals surface area contributed by atoms with Crippen LogP contribution >= 0.6 is 10.7 Å². The Balaban J connectivity index is 2.34. The van der Waals surface area contributed by atoms with Gasteiger partial charge in [0.2, 0.25) is 0 Å². The number of benzene rings is 1. The summed E-state index contributed by atoms with van der Waals surface area (Å²) in [6.45, 7) is 5.54. The molecule has 1 fully saturated rings. The molecule has 1 amide bonds. The Morgan fingerprint density at radius 2 is 1.95 bits per heavy atom. The molecule has 0 saturated heterocycles. The summed E-state index contributed by atoms with van der Waals surface area (Å²) in [6.07, 6.45) is 2.27. The van der Waals surface area contributed by atoms with Crippen LogP contribution in [0.25, 0.3) is 0 Å². The van der Waals surface area contributed by atoms with Crippen LogP contribution in [0.15, 0.2) is 17.0 Å². The molecule has 20 heavy (non-hydrogen) atoms. The van der Waals surface area contributed by atoms with E-state index in [1.54, 1.807) is 13.8 Å².